The first kappa shape index (κ1) is 22.9. The Morgan fingerprint density at radius 2 is 1.79 bits per heavy atom. The second-order valence-electron chi connectivity index (χ2n) is 10.1. The van der Waals surface area contributed by atoms with Crippen LogP contribution in [0.3, 0.4) is 0 Å². The summed E-state index contributed by atoms with van der Waals surface area (Å²) in [5.74, 6) is 0.591. The van der Waals surface area contributed by atoms with E-state index in [1.807, 2.05) is 36.4 Å². The minimum absolute atomic E-state index is 0.000196. The first-order chi connectivity index (χ1) is 15.7. The molecule has 1 aliphatic carbocycles. The summed E-state index contributed by atoms with van der Waals surface area (Å²) in [5.41, 5.74) is 3.02. The molecule has 2 N–H and O–H groups in total. The van der Waals surface area contributed by atoms with Gasteiger partial charge >= 0.3 is 5.97 Å². The summed E-state index contributed by atoms with van der Waals surface area (Å²) in [6.07, 6.45) is 4.60. The molecule has 0 amide bonds. The molecule has 4 rings (SSSR count). The Hall–Kier alpha value is -3.28. The molecule has 1 aromatic heterocycles. The first-order valence-corrected chi connectivity index (χ1v) is 11.6. The molecule has 1 saturated carbocycles. The zero-order valence-corrected chi connectivity index (χ0v) is 19.5. The van der Waals surface area contributed by atoms with Crippen molar-refractivity contribution in [2.45, 2.75) is 52.9 Å². The highest BCUT2D eigenvalue weighted by Gasteiger charge is 2.35. The second-order valence-corrected chi connectivity index (χ2v) is 10.1. The van der Waals surface area contributed by atoms with Crippen LogP contribution in [0.2, 0.25) is 0 Å². The van der Waals surface area contributed by atoms with Gasteiger partial charge in [0.1, 0.15) is 5.82 Å². The number of hydrogen-bond acceptors (Lipinski definition) is 4. The van der Waals surface area contributed by atoms with Gasteiger partial charge in [0.2, 0.25) is 11.6 Å². The van der Waals surface area contributed by atoms with E-state index >= 15 is 0 Å². The van der Waals surface area contributed by atoms with E-state index < -0.39 is 5.97 Å². The lowest BCUT2D eigenvalue weighted by atomic mass is 9.68. The lowest BCUT2D eigenvalue weighted by Gasteiger charge is -2.36. The summed E-state index contributed by atoms with van der Waals surface area (Å²) in [6, 6.07) is 14.7. The fraction of sp³-hybridized carbons (Fsp3) is 0.407. The number of aromatic nitrogens is 3. The number of H-pyrrole nitrogens is 1. The zero-order chi connectivity index (χ0) is 23.6. The van der Waals surface area contributed by atoms with Crippen molar-refractivity contribution in [3.8, 4) is 11.1 Å². The number of nitrogens with zero attached hydrogens (tertiary/aromatic N) is 2. The van der Waals surface area contributed by atoms with Gasteiger partial charge in [-0.25, -0.2) is 9.78 Å². The van der Waals surface area contributed by atoms with E-state index in [9.17, 15) is 14.7 Å². The predicted molar refractivity (Wildman–Crippen MR) is 127 cm³/mol. The van der Waals surface area contributed by atoms with E-state index in [-0.39, 0.29) is 28.5 Å². The van der Waals surface area contributed by atoms with E-state index in [1.165, 1.54) is 6.42 Å². The molecule has 0 spiro atoms. The van der Waals surface area contributed by atoms with Gasteiger partial charge in [-0.2, -0.15) is 5.10 Å². The van der Waals surface area contributed by atoms with Crippen LogP contribution in [-0.2, 0) is 6.42 Å². The Kier molecular flexibility index (Phi) is 6.45. The van der Waals surface area contributed by atoms with Crippen molar-refractivity contribution < 1.29 is 14.7 Å². The highest BCUT2D eigenvalue weighted by atomic mass is 16.4. The number of aromatic carboxylic acids is 1. The van der Waals surface area contributed by atoms with Crippen LogP contribution in [0.15, 0.2) is 48.5 Å². The van der Waals surface area contributed by atoms with Crippen molar-refractivity contribution in [1.82, 2.24) is 15.2 Å². The van der Waals surface area contributed by atoms with Crippen molar-refractivity contribution in [3.63, 3.8) is 0 Å². The van der Waals surface area contributed by atoms with Crippen molar-refractivity contribution in [1.29, 1.82) is 0 Å². The number of ketones is 1. The van der Waals surface area contributed by atoms with Gasteiger partial charge in [-0.1, -0.05) is 69.7 Å². The van der Waals surface area contributed by atoms with E-state index in [0.29, 0.717) is 23.7 Å². The van der Waals surface area contributed by atoms with Gasteiger partial charge < -0.3 is 5.11 Å². The molecule has 172 valence electrons. The van der Waals surface area contributed by atoms with Gasteiger partial charge in [-0.3, -0.25) is 9.89 Å². The first-order valence-electron chi connectivity index (χ1n) is 11.6. The maximum atomic E-state index is 13.0. The molecule has 2 unspecified atom stereocenters. The van der Waals surface area contributed by atoms with Gasteiger partial charge in [-0.05, 0) is 53.4 Å². The number of aromatic amines is 1. The van der Waals surface area contributed by atoms with Crippen molar-refractivity contribution in [2.75, 3.05) is 0 Å². The summed E-state index contributed by atoms with van der Waals surface area (Å²) in [5, 5.41) is 16.6. The molecule has 33 heavy (non-hydrogen) atoms. The number of benzene rings is 2. The standard InChI is InChI=1S/C27H31N3O3/c1-27(2,3)20-8-6-7-19(16-20)24(31)25-28-23(29-30-25)15-17-11-13-18(14-12-17)21-9-4-5-10-22(21)26(32)33/h4-5,9-14,19-20H,6-8,15-16H2,1-3H3,(H,32,33)(H,28,29,30). The summed E-state index contributed by atoms with van der Waals surface area (Å²) in [4.78, 5) is 29.0. The van der Waals surface area contributed by atoms with Crippen LogP contribution in [0, 0.1) is 17.3 Å². The van der Waals surface area contributed by atoms with Gasteiger partial charge in [0.05, 0.1) is 5.56 Å². The van der Waals surface area contributed by atoms with Crippen LogP contribution in [0.5, 0.6) is 0 Å². The molecule has 0 bridgehead atoms. The maximum Gasteiger partial charge on any atom is 0.336 e. The Morgan fingerprint density at radius 1 is 1.06 bits per heavy atom. The topological polar surface area (TPSA) is 95.9 Å². The average molecular weight is 446 g/mol. The van der Waals surface area contributed by atoms with Crippen molar-refractivity contribution >= 4 is 11.8 Å². The third-order valence-corrected chi connectivity index (χ3v) is 6.82. The third kappa shape index (κ3) is 5.21. The normalized spacial score (nSPS) is 18.8. The highest BCUT2D eigenvalue weighted by molar-refractivity contribution is 5.96. The van der Waals surface area contributed by atoms with Crippen LogP contribution in [0.25, 0.3) is 11.1 Å². The summed E-state index contributed by atoms with van der Waals surface area (Å²) >= 11 is 0. The molecular formula is C27H31N3O3. The number of carboxylic acids is 1. The molecule has 0 saturated heterocycles. The van der Waals surface area contributed by atoms with E-state index in [2.05, 4.69) is 36.0 Å². The van der Waals surface area contributed by atoms with E-state index in [0.717, 1.165) is 30.4 Å². The van der Waals surface area contributed by atoms with E-state index in [1.54, 1.807) is 12.1 Å². The number of carbonyl (C=O) groups excluding carboxylic acids is 1. The van der Waals surface area contributed by atoms with Crippen LogP contribution in [0.4, 0.5) is 0 Å². The molecule has 6 heteroatoms. The predicted octanol–water partition coefficient (Wildman–Crippen LogP) is 5.80. The Bertz CT molecular complexity index is 1140. The summed E-state index contributed by atoms with van der Waals surface area (Å²) in [6.45, 7) is 6.75. The summed E-state index contributed by atoms with van der Waals surface area (Å²) < 4.78 is 0. The van der Waals surface area contributed by atoms with Crippen LogP contribution >= 0.6 is 0 Å². The minimum atomic E-state index is -0.944. The molecular weight excluding hydrogens is 414 g/mol. The monoisotopic (exact) mass is 445 g/mol. The smallest absolute Gasteiger partial charge is 0.336 e. The van der Waals surface area contributed by atoms with Crippen LogP contribution in [-0.4, -0.2) is 32.0 Å². The maximum absolute atomic E-state index is 13.0. The molecule has 3 aromatic rings. The molecule has 1 fully saturated rings. The molecule has 0 radical (unpaired) electrons. The van der Waals surface area contributed by atoms with Gasteiger partial charge in [-0.15, -0.1) is 0 Å². The summed E-state index contributed by atoms with van der Waals surface area (Å²) in [7, 11) is 0. The third-order valence-electron chi connectivity index (χ3n) is 6.82. The zero-order valence-electron chi connectivity index (χ0n) is 19.5. The lowest BCUT2D eigenvalue weighted by Crippen LogP contribution is -2.30. The van der Waals surface area contributed by atoms with Gasteiger partial charge in [0, 0.05) is 12.3 Å². The fourth-order valence-electron chi connectivity index (χ4n) is 4.80. The Morgan fingerprint density at radius 3 is 2.48 bits per heavy atom. The molecule has 0 aliphatic heterocycles. The number of Topliss-reactive ketones (excluding diaryl/α,β-unsaturated/α-hetero) is 1. The van der Waals surface area contributed by atoms with Crippen LogP contribution in [0.1, 0.15) is 78.8 Å². The molecule has 2 aromatic carbocycles. The molecule has 2 atom stereocenters. The number of carboxylic acid groups (broad SMARTS) is 1. The number of carbonyl (C=O) groups is 2. The highest BCUT2D eigenvalue weighted by Crippen LogP contribution is 2.41. The fourth-order valence-corrected chi connectivity index (χ4v) is 4.80. The van der Waals surface area contributed by atoms with Crippen molar-refractivity contribution in [3.05, 3.63) is 71.3 Å². The number of rotatable bonds is 6. The SMILES string of the molecule is CC(C)(C)C1CCCC(C(=O)c2n[nH]c(Cc3ccc(-c4ccccc4C(=O)O)cc3)n2)C1. The Labute approximate surface area is 194 Å². The number of nitrogens with one attached hydrogen (secondary N) is 1. The average Bonchev–Trinajstić information content (AvgIpc) is 3.27. The second kappa shape index (κ2) is 9.30. The van der Waals surface area contributed by atoms with Gasteiger partial charge in [0.15, 0.2) is 0 Å². The molecule has 6 nitrogen and oxygen atoms in total. The Balaban J connectivity index is 1.44. The molecule has 1 heterocycles. The van der Waals surface area contributed by atoms with E-state index in [4.69, 9.17) is 0 Å². The quantitative estimate of drug-likeness (QED) is 0.468. The largest absolute Gasteiger partial charge is 0.478 e. The number of hydrogen-bond donors (Lipinski definition) is 2. The van der Waals surface area contributed by atoms with Crippen LogP contribution < -0.4 is 0 Å². The van der Waals surface area contributed by atoms with Crippen molar-refractivity contribution in [2.24, 2.45) is 17.3 Å². The lowest BCUT2D eigenvalue weighted by molar-refractivity contribution is 0.0697. The molecule has 1 aliphatic rings. The van der Waals surface area contributed by atoms with Gasteiger partial charge in [0.25, 0.3) is 0 Å². The minimum Gasteiger partial charge on any atom is -0.478 e.